The predicted molar refractivity (Wildman–Crippen MR) is 107 cm³/mol. The van der Waals surface area contributed by atoms with E-state index in [0.717, 1.165) is 55.1 Å². The zero-order chi connectivity index (χ0) is 19.0. The Morgan fingerprint density at radius 2 is 1.93 bits per heavy atom. The minimum absolute atomic E-state index is 0.114. The lowest BCUT2D eigenvalue weighted by Gasteiger charge is -2.20. The lowest BCUT2D eigenvalue weighted by Crippen LogP contribution is -2.34. The number of aromatic nitrogens is 3. The fourth-order valence-corrected chi connectivity index (χ4v) is 3.70. The molecule has 0 N–H and O–H groups in total. The monoisotopic (exact) mass is 365 g/mol. The van der Waals surface area contributed by atoms with Crippen molar-refractivity contribution in [3.05, 3.63) is 48.3 Å². The molecule has 4 heterocycles. The highest BCUT2D eigenvalue weighted by atomic mass is 16.2. The third kappa shape index (κ3) is 3.37. The van der Waals surface area contributed by atoms with Gasteiger partial charge in [0.1, 0.15) is 5.69 Å². The van der Waals surface area contributed by atoms with Gasteiger partial charge in [-0.1, -0.05) is 6.07 Å². The molecule has 1 saturated heterocycles. The highest BCUT2D eigenvalue weighted by Gasteiger charge is 2.23. The molecule has 0 bridgehead atoms. The van der Waals surface area contributed by atoms with Crippen LogP contribution in [0.1, 0.15) is 36.7 Å². The average Bonchev–Trinajstić information content (AvgIpc) is 3.23. The average molecular weight is 365 g/mol. The number of amides is 1. The van der Waals surface area contributed by atoms with Crippen molar-refractivity contribution in [1.82, 2.24) is 24.0 Å². The fraction of sp³-hybridized carbons (Fsp3) is 0.429. The lowest BCUT2D eigenvalue weighted by molar-refractivity contribution is 0.0765. The van der Waals surface area contributed by atoms with Gasteiger partial charge in [0.25, 0.3) is 5.91 Å². The molecule has 142 valence electrons. The van der Waals surface area contributed by atoms with Crippen LogP contribution in [0.25, 0.3) is 16.9 Å². The van der Waals surface area contributed by atoms with Crippen molar-refractivity contribution in [2.24, 2.45) is 0 Å². The van der Waals surface area contributed by atoms with Gasteiger partial charge in [-0.15, -0.1) is 0 Å². The highest BCUT2D eigenvalue weighted by Crippen LogP contribution is 2.27. The van der Waals surface area contributed by atoms with Crippen LogP contribution in [-0.2, 0) is 0 Å². The maximum absolute atomic E-state index is 13.3. The standard InChI is InChI=1S/C21H27N5O/c1-16(2)26-12-8-18(22-26)20-15-17(19-7-4-5-11-25(19)20)21(27)24-10-6-9-23(3)13-14-24/h4-5,7-8,11-12,15-16H,6,9-10,13-14H2,1-3H3. The second-order valence-corrected chi connectivity index (χ2v) is 7.62. The summed E-state index contributed by atoms with van der Waals surface area (Å²) in [5.41, 5.74) is 3.54. The summed E-state index contributed by atoms with van der Waals surface area (Å²) in [7, 11) is 2.12. The minimum Gasteiger partial charge on any atom is -0.337 e. The smallest absolute Gasteiger partial charge is 0.256 e. The molecule has 1 aliphatic heterocycles. The maximum Gasteiger partial charge on any atom is 0.256 e. The molecule has 0 aromatic carbocycles. The molecule has 6 heteroatoms. The summed E-state index contributed by atoms with van der Waals surface area (Å²) >= 11 is 0. The molecule has 6 nitrogen and oxygen atoms in total. The number of rotatable bonds is 3. The molecule has 0 spiro atoms. The number of carbonyl (C=O) groups excluding carboxylic acids is 1. The molecule has 0 unspecified atom stereocenters. The van der Waals surface area contributed by atoms with Crippen LogP contribution in [0.4, 0.5) is 0 Å². The van der Waals surface area contributed by atoms with Crippen LogP contribution in [0.3, 0.4) is 0 Å². The Balaban J connectivity index is 1.74. The van der Waals surface area contributed by atoms with Crippen LogP contribution >= 0.6 is 0 Å². The summed E-state index contributed by atoms with van der Waals surface area (Å²) in [4.78, 5) is 17.6. The Kier molecular flexibility index (Phi) is 4.74. The highest BCUT2D eigenvalue weighted by molar-refractivity contribution is 6.02. The van der Waals surface area contributed by atoms with Gasteiger partial charge < -0.3 is 14.2 Å². The number of likely N-dealkylation sites (N-methyl/N-ethyl adjacent to an activating group) is 1. The van der Waals surface area contributed by atoms with Crippen LogP contribution in [0.15, 0.2) is 42.7 Å². The number of nitrogens with zero attached hydrogens (tertiary/aromatic N) is 5. The number of hydrogen-bond donors (Lipinski definition) is 0. The molecule has 0 radical (unpaired) electrons. The Morgan fingerprint density at radius 1 is 1.07 bits per heavy atom. The number of fused-ring (bicyclic) bond motifs is 1. The Hall–Kier alpha value is -2.60. The largest absolute Gasteiger partial charge is 0.337 e. The SMILES string of the molecule is CC(C)n1ccc(-c2cc(C(=O)N3CCCN(C)CC3)c3ccccn23)n1. The van der Waals surface area contributed by atoms with E-state index in [1.807, 2.05) is 52.3 Å². The Bertz CT molecular complexity index is 955. The van der Waals surface area contributed by atoms with E-state index in [4.69, 9.17) is 5.10 Å². The van der Waals surface area contributed by atoms with Crippen LogP contribution in [0.5, 0.6) is 0 Å². The summed E-state index contributed by atoms with van der Waals surface area (Å²) in [6, 6.07) is 10.3. The summed E-state index contributed by atoms with van der Waals surface area (Å²) in [6.07, 6.45) is 5.01. The summed E-state index contributed by atoms with van der Waals surface area (Å²) in [5.74, 6) is 0.114. The van der Waals surface area contributed by atoms with E-state index in [0.29, 0.717) is 6.04 Å². The van der Waals surface area contributed by atoms with Crippen molar-refractivity contribution in [3.8, 4) is 11.4 Å². The van der Waals surface area contributed by atoms with E-state index in [1.165, 1.54) is 0 Å². The second-order valence-electron chi connectivity index (χ2n) is 7.62. The second kappa shape index (κ2) is 7.19. The number of hydrogen-bond acceptors (Lipinski definition) is 3. The van der Waals surface area contributed by atoms with E-state index in [9.17, 15) is 4.79 Å². The molecule has 3 aromatic rings. The third-order valence-corrected chi connectivity index (χ3v) is 5.31. The molecule has 1 amide bonds. The molecular formula is C21H27N5O. The molecule has 1 fully saturated rings. The van der Waals surface area contributed by atoms with Gasteiger partial charge in [-0.05, 0) is 58.1 Å². The fourth-order valence-electron chi connectivity index (χ4n) is 3.70. The molecule has 4 rings (SSSR count). The maximum atomic E-state index is 13.3. The Labute approximate surface area is 160 Å². The first-order chi connectivity index (χ1) is 13.0. The summed E-state index contributed by atoms with van der Waals surface area (Å²) in [5, 5.41) is 4.70. The van der Waals surface area contributed by atoms with Crippen molar-refractivity contribution in [2.45, 2.75) is 26.3 Å². The van der Waals surface area contributed by atoms with E-state index in [-0.39, 0.29) is 5.91 Å². The van der Waals surface area contributed by atoms with Gasteiger partial charge in [-0.3, -0.25) is 9.48 Å². The molecule has 0 atom stereocenters. The van der Waals surface area contributed by atoms with E-state index in [1.54, 1.807) is 0 Å². The topological polar surface area (TPSA) is 45.8 Å². The van der Waals surface area contributed by atoms with E-state index < -0.39 is 0 Å². The molecular weight excluding hydrogens is 338 g/mol. The van der Waals surface area contributed by atoms with Gasteiger partial charge in [-0.2, -0.15) is 5.10 Å². The van der Waals surface area contributed by atoms with Crippen LogP contribution in [-0.4, -0.2) is 63.1 Å². The first kappa shape index (κ1) is 17.8. The van der Waals surface area contributed by atoms with Gasteiger partial charge in [0.2, 0.25) is 0 Å². The molecule has 0 aliphatic carbocycles. The van der Waals surface area contributed by atoms with Gasteiger partial charge in [0.15, 0.2) is 0 Å². The third-order valence-electron chi connectivity index (χ3n) is 5.31. The first-order valence-corrected chi connectivity index (χ1v) is 9.68. The zero-order valence-electron chi connectivity index (χ0n) is 16.3. The van der Waals surface area contributed by atoms with Crippen LogP contribution in [0, 0.1) is 0 Å². The van der Waals surface area contributed by atoms with Gasteiger partial charge in [-0.25, -0.2) is 0 Å². The number of carbonyl (C=O) groups is 1. The van der Waals surface area contributed by atoms with Gasteiger partial charge in [0, 0.05) is 38.1 Å². The van der Waals surface area contributed by atoms with Crippen molar-refractivity contribution >= 4 is 11.4 Å². The van der Waals surface area contributed by atoms with E-state index in [2.05, 4.69) is 30.2 Å². The normalized spacial score (nSPS) is 16.2. The van der Waals surface area contributed by atoms with Crippen molar-refractivity contribution in [1.29, 1.82) is 0 Å². The minimum atomic E-state index is 0.114. The Morgan fingerprint density at radius 3 is 2.70 bits per heavy atom. The van der Waals surface area contributed by atoms with Crippen molar-refractivity contribution in [2.75, 3.05) is 33.2 Å². The van der Waals surface area contributed by atoms with Crippen molar-refractivity contribution in [3.63, 3.8) is 0 Å². The van der Waals surface area contributed by atoms with Gasteiger partial charge >= 0.3 is 0 Å². The van der Waals surface area contributed by atoms with Crippen LogP contribution < -0.4 is 0 Å². The predicted octanol–water partition coefficient (Wildman–Crippen LogP) is 3.16. The quantitative estimate of drug-likeness (QED) is 0.716. The molecule has 3 aromatic heterocycles. The molecule has 27 heavy (non-hydrogen) atoms. The van der Waals surface area contributed by atoms with Gasteiger partial charge in [0.05, 0.1) is 16.8 Å². The molecule has 0 saturated carbocycles. The van der Waals surface area contributed by atoms with E-state index >= 15 is 0 Å². The number of pyridine rings is 1. The van der Waals surface area contributed by atoms with Crippen LogP contribution in [0.2, 0.25) is 0 Å². The zero-order valence-corrected chi connectivity index (χ0v) is 16.3. The summed E-state index contributed by atoms with van der Waals surface area (Å²) < 4.78 is 4.02. The lowest BCUT2D eigenvalue weighted by atomic mass is 10.2. The van der Waals surface area contributed by atoms with Crippen molar-refractivity contribution < 1.29 is 4.79 Å². The first-order valence-electron chi connectivity index (χ1n) is 9.68. The molecule has 1 aliphatic rings. The summed E-state index contributed by atoms with van der Waals surface area (Å²) in [6.45, 7) is 7.76.